The van der Waals surface area contributed by atoms with Crippen LogP contribution in [0, 0.1) is 17.1 Å². The number of hydrogen-bond donors (Lipinski definition) is 1. The van der Waals surface area contributed by atoms with Gasteiger partial charge in [-0.05, 0) is 62.6 Å². The fourth-order valence-corrected chi connectivity index (χ4v) is 3.45. The van der Waals surface area contributed by atoms with Crippen LogP contribution in [0.5, 0.6) is 11.5 Å². The van der Waals surface area contributed by atoms with Crippen LogP contribution in [0.3, 0.4) is 0 Å². The molecule has 0 spiro atoms. The predicted octanol–water partition coefficient (Wildman–Crippen LogP) is 5.02. The Bertz CT molecular complexity index is 1190. The average molecular weight is 449 g/mol. The molecule has 3 rings (SSSR count). The zero-order valence-corrected chi connectivity index (χ0v) is 18.6. The Kier molecular flexibility index (Phi) is 7.57. The molecule has 3 aromatic rings. The molecule has 8 heteroatoms. The minimum atomic E-state index is -0.905. The van der Waals surface area contributed by atoms with E-state index in [1.54, 1.807) is 30.6 Å². The standard InChI is InChI=1S/C25H24FN3O4/c1-15(2)33-22-8-7-17(9-18(22)12-27)25-28-13-19(14-29-25)21-11-20(26)10-16(24(21)32-3)5-4-6-23(30)31/h7-11,13-15H,4-6H2,1-3H3,(H,30,31). The highest BCUT2D eigenvalue weighted by Gasteiger charge is 2.16. The van der Waals surface area contributed by atoms with Gasteiger partial charge < -0.3 is 14.6 Å². The highest BCUT2D eigenvalue weighted by atomic mass is 19.1. The zero-order valence-electron chi connectivity index (χ0n) is 18.6. The highest BCUT2D eigenvalue weighted by Crippen LogP contribution is 2.35. The second-order valence-electron chi connectivity index (χ2n) is 7.68. The van der Waals surface area contributed by atoms with Crippen molar-refractivity contribution < 1.29 is 23.8 Å². The third-order valence-electron chi connectivity index (χ3n) is 4.86. The van der Waals surface area contributed by atoms with E-state index in [2.05, 4.69) is 16.0 Å². The van der Waals surface area contributed by atoms with Gasteiger partial charge in [-0.15, -0.1) is 0 Å². The normalized spacial score (nSPS) is 10.7. The molecular formula is C25H24FN3O4. The fraction of sp³-hybridized carbons (Fsp3) is 0.280. The third kappa shape index (κ3) is 5.83. The molecule has 33 heavy (non-hydrogen) atoms. The van der Waals surface area contributed by atoms with E-state index in [0.29, 0.717) is 58.0 Å². The zero-order chi connectivity index (χ0) is 24.0. The third-order valence-corrected chi connectivity index (χ3v) is 4.86. The van der Waals surface area contributed by atoms with Gasteiger partial charge in [0.25, 0.3) is 0 Å². The summed E-state index contributed by atoms with van der Waals surface area (Å²) in [4.78, 5) is 19.6. The van der Waals surface area contributed by atoms with Crippen molar-refractivity contribution in [3.05, 3.63) is 59.7 Å². The van der Waals surface area contributed by atoms with E-state index in [1.807, 2.05) is 13.8 Å². The second-order valence-corrected chi connectivity index (χ2v) is 7.68. The van der Waals surface area contributed by atoms with Gasteiger partial charge in [0.2, 0.25) is 0 Å². The molecule has 1 N–H and O–H groups in total. The monoisotopic (exact) mass is 449 g/mol. The molecular weight excluding hydrogens is 425 g/mol. The maximum Gasteiger partial charge on any atom is 0.303 e. The van der Waals surface area contributed by atoms with Crippen molar-refractivity contribution in [3.8, 4) is 40.1 Å². The number of carboxylic acid groups (broad SMARTS) is 1. The molecule has 0 atom stereocenters. The number of nitrogens with zero attached hydrogens (tertiary/aromatic N) is 3. The number of methoxy groups -OCH3 is 1. The molecule has 0 aliphatic carbocycles. The molecule has 0 unspecified atom stereocenters. The van der Waals surface area contributed by atoms with E-state index in [0.717, 1.165) is 0 Å². The number of benzene rings is 2. The molecule has 0 aliphatic heterocycles. The second kappa shape index (κ2) is 10.6. The number of carbonyl (C=O) groups is 1. The molecule has 1 heterocycles. The lowest BCUT2D eigenvalue weighted by atomic mass is 9.99. The molecule has 0 fully saturated rings. The van der Waals surface area contributed by atoms with E-state index in [-0.39, 0.29) is 12.5 Å². The van der Waals surface area contributed by atoms with Gasteiger partial charge in [0.15, 0.2) is 5.82 Å². The summed E-state index contributed by atoms with van der Waals surface area (Å²) in [6.45, 7) is 3.77. The fourth-order valence-electron chi connectivity index (χ4n) is 3.45. The number of carboxylic acids is 1. The summed E-state index contributed by atoms with van der Waals surface area (Å²) in [6, 6.07) is 9.96. The van der Waals surface area contributed by atoms with Crippen molar-refractivity contribution in [3.63, 3.8) is 0 Å². The van der Waals surface area contributed by atoms with Crippen LogP contribution >= 0.6 is 0 Å². The van der Waals surface area contributed by atoms with Crippen molar-refractivity contribution in [1.82, 2.24) is 9.97 Å². The number of aromatic nitrogens is 2. The summed E-state index contributed by atoms with van der Waals surface area (Å²) < 4.78 is 25.5. The maximum atomic E-state index is 14.3. The number of rotatable bonds is 9. The van der Waals surface area contributed by atoms with Crippen LogP contribution in [0.15, 0.2) is 42.7 Å². The maximum absolute atomic E-state index is 14.3. The molecule has 0 amide bonds. The van der Waals surface area contributed by atoms with Crippen molar-refractivity contribution in [1.29, 1.82) is 5.26 Å². The minimum absolute atomic E-state index is 0.0154. The molecule has 0 saturated carbocycles. The van der Waals surface area contributed by atoms with Gasteiger partial charge in [-0.1, -0.05) is 0 Å². The summed E-state index contributed by atoms with van der Waals surface area (Å²) in [6.07, 6.45) is 3.77. The van der Waals surface area contributed by atoms with Gasteiger partial charge in [-0.2, -0.15) is 5.26 Å². The molecule has 0 aliphatic rings. The van der Waals surface area contributed by atoms with Crippen LogP contribution in [-0.4, -0.2) is 34.3 Å². The first-order valence-corrected chi connectivity index (χ1v) is 10.4. The van der Waals surface area contributed by atoms with E-state index >= 15 is 0 Å². The summed E-state index contributed by atoms with van der Waals surface area (Å²) in [5.74, 6) is -0.00571. The van der Waals surface area contributed by atoms with Crippen molar-refractivity contribution in [2.75, 3.05) is 7.11 Å². The first kappa shape index (κ1) is 23.7. The largest absolute Gasteiger partial charge is 0.496 e. The lowest BCUT2D eigenvalue weighted by Gasteiger charge is -2.14. The van der Waals surface area contributed by atoms with Gasteiger partial charge >= 0.3 is 5.97 Å². The van der Waals surface area contributed by atoms with Crippen molar-refractivity contribution >= 4 is 5.97 Å². The van der Waals surface area contributed by atoms with E-state index in [1.165, 1.54) is 19.2 Å². The summed E-state index contributed by atoms with van der Waals surface area (Å²) in [5, 5.41) is 18.3. The Hall–Kier alpha value is -3.99. The topological polar surface area (TPSA) is 105 Å². The Labute approximate surface area is 191 Å². The van der Waals surface area contributed by atoms with Gasteiger partial charge in [0, 0.05) is 35.5 Å². The number of hydrogen-bond acceptors (Lipinski definition) is 6. The van der Waals surface area contributed by atoms with Gasteiger partial charge in [-0.25, -0.2) is 14.4 Å². The Balaban J connectivity index is 1.92. The Morgan fingerprint density at radius 2 is 1.91 bits per heavy atom. The Morgan fingerprint density at radius 1 is 1.18 bits per heavy atom. The van der Waals surface area contributed by atoms with Gasteiger partial charge in [-0.3, -0.25) is 4.79 Å². The van der Waals surface area contributed by atoms with Gasteiger partial charge in [0.05, 0.1) is 18.8 Å². The van der Waals surface area contributed by atoms with E-state index < -0.39 is 11.8 Å². The number of aryl methyl sites for hydroxylation is 1. The lowest BCUT2D eigenvalue weighted by Crippen LogP contribution is -2.06. The van der Waals surface area contributed by atoms with Crippen LogP contribution in [0.1, 0.15) is 37.8 Å². The van der Waals surface area contributed by atoms with Crippen molar-refractivity contribution in [2.24, 2.45) is 0 Å². The Morgan fingerprint density at radius 3 is 2.52 bits per heavy atom. The SMILES string of the molecule is COc1c(CCCC(=O)O)cc(F)cc1-c1cnc(-c2ccc(OC(C)C)c(C#N)c2)nc1. The molecule has 1 aromatic heterocycles. The predicted molar refractivity (Wildman–Crippen MR) is 120 cm³/mol. The number of aliphatic carboxylic acids is 1. The summed E-state index contributed by atoms with van der Waals surface area (Å²) in [5.41, 5.74) is 2.64. The number of ether oxygens (including phenoxy) is 2. The van der Waals surface area contributed by atoms with Crippen LogP contribution in [0.2, 0.25) is 0 Å². The lowest BCUT2D eigenvalue weighted by molar-refractivity contribution is -0.137. The average Bonchev–Trinajstić information content (AvgIpc) is 2.78. The first-order chi connectivity index (χ1) is 15.8. The summed E-state index contributed by atoms with van der Waals surface area (Å²) in [7, 11) is 1.48. The van der Waals surface area contributed by atoms with Crippen molar-refractivity contribution in [2.45, 2.75) is 39.2 Å². The molecule has 7 nitrogen and oxygen atoms in total. The first-order valence-electron chi connectivity index (χ1n) is 10.4. The number of nitriles is 1. The molecule has 0 saturated heterocycles. The quantitative estimate of drug-likeness (QED) is 0.489. The molecule has 2 aromatic carbocycles. The smallest absolute Gasteiger partial charge is 0.303 e. The van der Waals surface area contributed by atoms with E-state index in [4.69, 9.17) is 14.6 Å². The summed E-state index contributed by atoms with van der Waals surface area (Å²) >= 11 is 0. The van der Waals surface area contributed by atoms with Crippen LogP contribution in [0.25, 0.3) is 22.5 Å². The van der Waals surface area contributed by atoms with Gasteiger partial charge in [0.1, 0.15) is 23.4 Å². The van der Waals surface area contributed by atoms with Crippen LogP contribution in [-0.2, 0) is 11.2 Å². The van der Waals surface area contributed by atoms with Crippen LogP contribution < -0.4 is 9.47 Å². The minimum Gasteiger partial charge on any atom is -0.496 e. The van der Waals surface area contributed by atoms with E-state index in [9.17, 15) is 14.4 Å². The molecule has 0 radical (unpaired) electrons. The van der Waals surface area contributed by atoms with Crippen LogP contribution in [0.4, 0.5) is 4.39 Å². The highest BCUT2D eigenvalue weighted by molar-refractivity contribution is 5.72. The molecule has 170 valence electrons. The molecule has 0 bridgehead atoms. The number of halogens is 1.